The van der Waals surface area contributed by atoms with Gasteiger partial charge >= 0.3 is 0 Å². The second-order valence-electron chi connectivity index (χ2n) is 6.13. The molecule has 1 saturated heterocycles. The Hall–Kier alpha value is -1.32. The summed E-state index contributed by atoms with van der Waals surface area (Å²) in [4.78, 5) is 14.2. The van der Waals surface area contributed by atoms with E-state index < -0.39 is 0 Å². The molecule has 2 atom stereocenters. The van der Waals surface area contributed by atoms with Crippen LogP contribution in [0, 0.1) is 25.2 Å². The number of carbonyl (C=O) groups excluding carboxylic acids is 1. The molecule has 4 nitrogen and oxygen atoms in total. The van der Waals surface area contributed by atoms with Gasteiger partial charge in [-0.2, -0.15) is 0 Å². The SMILES string of the molecule is Cc1noc(C)c1CCC(=O)N1CC2CC2(C)C1. The van der Waals surface area contributed by atoms with Crippen LogP contribution in [0.1, 0.15) is 36.8 Å². The molecule has 1 aliphatic heterocycles. The molecular formula is C14H20N2O2. The predicted molar refractivity (Wildman–Crippen MR) is 67.1 cm³/mol. The van der Waals surface area contributed by atoms with E-state index in [1.807, 2.05) is 18.7 Å². The summed E-state index contributed by atoms with van der Waals surface area (Å²) in [5.74, 6) is 1.89. The van der Waals surface area contributed by atoms with E-state index in [1.165, 1.54) is 6.42 Å². The number of fused-ring (bicyclic) bond motifs is 1. The molecule has 2 aliphatic rings. The Morgan fingerprint density at radius 1 is 1.56 bits per heavy atom. The van der Waals surface area contributed by atoms with Gasteiger partial charge in [0, 0.05) is 25.1 Å². The van der Waals surface area contributed by atoms with Gasteiger partial charge in [-0.1, -0.05) is 12.1 Å². The molecule has 0 spiro atoms. The molecule has 0 bridgehead atoms. The summed E-state index contributed by atoms with van der Waals surface area (Å²) >= 11 is 0. The molecule has 2 fully saturated rings. The van der Waals surface area contributed by atoms with Crippen molar-refractivity contribution in [2.45, 2.75) is 40.0 Å². The molecule has 98 valence electrons. The van der Waals surface area contributed by atoms with E-state index in [2.05, 4.69) is 12.1 Å². The summed E-state index contributed by atoms with van der Waals surface area (Å²) in [5.41, 5.74) is 2.45. The highest BCUT2D eigenvalue weighted by atomic mass is 16.5. The molecule has 1 amide bonds. The molecule has 1 aliphatic carbocycles. The third-order valence-corrected chi connectivity index (χ3v) is 4.65. The lowest BCUT2D eigenvalue weighted by Gasteiger charge is -2.19. The van der Waals surface area contributed by atoms with Crippen molar-refractivity contribution in [3.8, 4) is 0 Å². The second kappa shape index (κ2) is 3.84. The zero-order valence-electron chi connectivity index (χ0n) is 11.3. The van der Waals surface area contributed by atoms with Gasteiger partial charge < -0.3 is 9.42 Å². The van der Waals surface area contributed by atoms with Crippen molar-refractivity contribution in [3.05, 3.63) is 17.0 Å². The summed E-state index contributed by atoms with van der Waals surface area (Å²) in [6.45, 7) is 8.06. The maximum Gasteiger partial charge on any atom is 0.222 e. The molecule has 0 aromatic carbocycles. The van der Waals surface area contributed by atoms with E-state index in [4.69, 9.17) is 4.52 Å². The van der Waals surface area contributed by atoms with Crippen molar-refractivity contribution in [1.82, 2.24) is 10.1 Å². The van der Waals surface area contributed by atoms with E-state index in [1.54, 1.807) is 0 Å². The van der Waals surface area contributed by atoms with Gasteiger partial charge in [0.25, 0.3) is 0 Å². The predicted octanol–water partition coefficient (Wildman–Crippen LogP) is 2.09. The zero-order valence-corrected chi connectivity index (χ0v) is 11.3. The van der Waals surface area contributed by atoms with E-state index >= 15 is 0 Å². The molecule has 2 heterocycles. The van der Waals surface area contributed by atoms with Crippen molar-refractivity contribution in [3.63, 3.8) is 0 Å². The van der Waals surface area contributed by atoms with Crippen molar-refractivity contribution in [2.75, 3.05) is 13.1 Å². The van der Waals surface area contributed by atoms with Crippen molar-refractivity contribution in [1.29, 1.82) is 0 Å². The largest absolute Gasteiger partial charge is 0.361 e. The van der Waals surface area contributed by atoms with Crippen LogP contribution in [0.15, 0.2) is 4.52 Å². The first-order valence-electron chi connectivity index (χ1n) is 6.69. The Kier molecular flexibility index (Phi) is 2.50. The Morgan fingerprint density at radius 3 is 2.89 bits per heavy atom. The average Bonchev–Trinajstić information content (AvgIpc) is 2.65. The second-order valence-corrected chi connectivity index (χ2v) is 6.13. The third kappa shape index (κ3) is 1.84. The number of nitrogens with zero attached hydrogens (tertiary/aromatic N) is 2. The molecule has 18 heavy (non-hydrogen) atoms. The van der Waals surface area contributed by atoms with Gasteiger partial charge in [-0.15, -0.1) is 0 Å². The maximum atomic E-state index is 12.1. The van der Waals surface area contributed by atoms with Crippen molar-refractivity contribution >= 4 is 5.91 Å². The molecule has 1 aromatic heterocycles. The Labute approximate surface area is 107 Å². The molecule has 1 saturated carbocycles. The minimum Gasteiger partial charge on any atom is -0.361 e. The molecule has 0 N–H and O–H groups in total. The molecular weight excluding hydrogens is 228 g/mol. The highest BCUT2D eigenvalue weighted by Gasteiger charge is 2.56. The summed E-state index contributed by atoms with van der Waals surface area (Å²) in [5, 5.41) is 3.92. The molecule has 3 rings (SSSR count). The fraction of sp³-hybridized carbons (Fsp3) is 0.714. The zero-order chi connectivity index (χ0) is 12.9. The molecule has 4 heteroatoms. The van der Waals surface area contributed by atoms with Crippen LogP contribution in [-0.2, 0) is 11.2 Å². The first-order chi connectivity index (χ1) is 8.49. The highest BCUT2D eigenvalue weighted by Crippen LogP contribution is 2.57. The number of amides is 1. The minimum atomic E-state index is 0.281. The fourth-order valence-corrected chi connectivity index (χ4v) is 3.19. The summed E-state index contributed by atoms with van der Waals surface area (Å²) in [7, 11) is 0. The smallest absolute Gasteiger partial charge is 0.222 e. The number of aromatic nitrogens is 1. The quantitative estimate of drug-likeness (QED) is 0.823. The summed E-state index contributed by atoms with van der Waals surface area (Å²) in [6.07, 6.45) is 2.63. The number of piperidine rings is 1. The first-order valence-corrected chi connectivity index (χ1v) is 6.69. The van der Waals surface area contributed by atoms with Gasteiger partial charge in [-0.05, 0) is 38.0 Å². The van der Waals surface area contributed by atoms with Crippen LogP contribution >= 0.6 is 0 Å². The summed E-state index contributed by atoms with van der Waals surface area (Å²) < 4.78 is 5.12. The van der Waals surface area contributed by atoms with Gasteiger partial charge in [0.05, 0.1) is 5.69 Å². The van der Waals surface area contributed by atoms with E-state index in [0.29, 0.717) is 11.8 Å². The number of rotatable bonds is 3. The Bertz CT molecular complexity index is 474. The van der Waals surface area contributed by atoms with Gasteiger partial charge in [-0.25, -0.2) is 0 Å². The van der Waals surface area contributed by atoms with E-state index in [-0.39, 0.29) is 5.91 Å². The van der Waals surface area contributed by atoms with Crippen LogP contribution in [0.5, 0.6) is 0 Å². The lowest BCUT2D eigenvalue weighted by molar-refractivity contribution is -0.130. The normalized spacial score (nSPS) is 29.5. The number of carbonyl (C=O) groups is 1. The highest BCUT2D eigenvalue weighted by molar-refractivity contribution is 5.77. The third-order valence-electron chi connectivity index (χ3n) is 4.65. The van der Waals surface area contributed by atoms with Crippen LogP contribution < -0.4 is 0 Å². The van der Waals surface area contributed by atoms with E-state index in [9.17, 15) is 4.79 Å². The van der Waals surface area contributed by atoms with Crippen molar-refractivity contribution in [2.24, 2.45) is 11.3 Å². The first kappa shape index (κ1) is 11.8. The topological polar surface area (TPSA) is 46.3 Å². The van der Waals surface area contributed by atoms with Crippen LogP contribution in [0.25, 0.3) is 0 Å². The van der Waals surface area contributed by atoms with E-state index in [0.717, 1.165) is 42.4 Å². The average molecular weight is 248 g/mol. The van der Waals surface area contributed by atoms with Crippen LogP contribution in [0.4, 0.5) is 0 Å². The van der Waals surface area contributed by atoms with Crippen molar-refractivity contribution < 1.29 is 9.32 Å². The van der Waals surface area contributed by atoms with Gasteiger partial charge in [0.15, 0.2) is 0 Å². The maximum absolute atomic E-state index is 12.1. The van der Waals surface area contributed by atoms with Gasteiger partial charge in [0.2, 0.25) is 5.91 Å². The Balaban J connectivity index is 1.56. The van der Waals surface area contributed by atoms with Crippen LogP contribution in [0.2, 0.25) is 0 Å². The Morgan fingerprint density at radius 2 is 2.33 bits per heavy atom. The summed E-state index contributed by atoms with van der Waals surface area (Å²) in [6, 6.07) is 0. The van der Waals surface area contributed by atoms with Gasteiger partial charge in [-0.3, -0.25) is 4.79 Å². The fourth-order valence-electron chi connectivity index (χ4n) is 3.19. The standard InChI is InChI=1S/C14H20N2O2/c1-9-12(10(2)18-15-9)4-5-13(17)16-7-11-6-14(11,3)8-16/h11H,4-8H2,1-3H3. The molecule has 1 aromatic rings. The molecule has 2 unspecified atom stereocenters. The minimum absolute atomic E-state index is 0.281. The lowest BCUT2D eigenvalue weighted by atomic mass is 10.1. The number of aryl methyl sites for hydroxylation is 2. The molecule has 0 radical (unpaired) electrons. The lowest BCUT2D eigenvalue weighted by Crippen LogP contribution is -2.31. The number of hydrogen-bond acceptors (Lipinski definition) is 3. The number of likely N-dealkylation sites (tertiary alicyclic amines) is 1. The monoisotopic (exact) mass is 248 g/mol. The van der Waals surface area contributed by atoms with Crippen LogP contribution in [0.3, 0.4) is 0 Å². The van der Waals surface area contributed by atoms with Gasteiger partial charge in [0.1, 0.15) is 5.76 Å². The number of hydrogen-bond donors (Lipinski definition) is 0. The van der Waals surface area contributed by atoms with Crippen LogP contribution in [-0.4, -0.2) is 29.1 Å².